The molecule has 1 aromatic rings. The van der Waals surface area contributed by atoms with Gasteiger partial charge in [0.1, 0.15) is 0 Å². The number of hydrogen-bond acceptors (Lipinski definition) is 1. The van der Waals surface area contributed by atoms with Crippen LogP contribution in [0.15, 0.2) is 12.1 Å². The van der Waals surface area contributed by atoms with Crippen LogP contribution in [0.5, 0.6) is 0 Å². The number of rotatable bonds is 2. The van der Waals surface area contributed by atoms with Crippen LogP contribution in [-0.2, 0) is 0 Å². The van der Waals surface area contributed by atoms with Gasteiger partial charge in [0.05, 0.1) is 0 Å². The summed E-state index contributed by atoms with van der Waals surface area (Å²) in [4.78, 5) is 0. The Morgan fingerprint density at radius 2 is 1.53 bits per heavy atom. The van der Waals surface area contributed by atoms with Crippen molar-refractivity contribution in [1.29, 1.82) is 0 Å². The average molecular weight is 243 g/mol. The standard InChI is InChI=1S/C13H16F3N/c14-10-6-9(7-11(15)12(10)16)13(17)8-4-2-1-3-5-8/h6-8,13H,1-5,17H2/t13-/m1/s1. The van der Waals surface area contributed by atoms with Crippen LogP contribution in [0.4, 0.5) is 13.2 Å². The molecule has 2 rings (SSSR count). The first kappa shape index (κ1) is 12.4. The molecule has 1 aliphatic rings. The van der Waals surface area contributed by atoms with E-state index in [1.807, 2.05) is 0 Å². The molecule has 0 heterocycles. The van der Waals surface area contributed by atoms with Gasteiger partial charge in [-0.05, 0) is 36.5 Å². The smallest absolute Gasteiger partial charge is 0.194 e. The van der Waals surface area contributed by atoms with Crippen molar-refractivity contribution in [1.82, 2.24) is 0 Å². The van der Waals surface area contributed by atoms with E-state index in [4.69, 9.17) is 5.73 Å². The van der Waals surface area contributed by atoms with Crippen molar-refractivity contribution in [2.24, 2.45) is 11.7 Å². The minimum Gasteiger partial charge on any atom is -0.324 e. The topological polar surface area (TPSA) is 26.0 Å². The zero-order valence-electron chi connectivity index (χ0n) is 9.56. The first-order valence-corrected chi connectivity index (χ1v) is 5.99. The molecule has 0 aliphatic heterocycles. The van der Waals surface area contributed by atoms with Crippen LogP contribution in [0.1, 0.15) is 43.7 Å². The van der Waals surface area contributed by atoms with Gasteiger partial charge in [-0.1, -0.05) is 19.3 Å². The Labute approximate surface area is 98.8 Å². The molecule has 1 fully saturated rings. The third kappa shape index (κ3) is 2.63. The fourth-order valence-electron chi connectivity index (χ4n) is 2.53. The van der Waals surface area contributed by atoms with Gasteiger partial charge in [0, 0.05) is 6.04 Å². The Kier molecular flexibility index (Phi) is 3.72. The molecule has 0 amide bonds. The highest BCUT2D eigenvalue weighted by molar-refractivity contribution is 5.23. The van der Waals surface area contributed by atoms with E-state index >= 15 is 0 Å². The van der Waals surface area contributed by atoms with Gasteiger partial charge in [0.15, 0.2) is 17.5 Å². The molecule has 4 heteroatoms. The molecule has 0 aromatic heterocycles. The zero-order valence-corrected chi connectivity index (χ0v) is 9.56. The quantitative estimate of drug-likeness (QED) is 0.788. The lowest BCUT2D eigenvalue weighted by Crippen LogP contribution is -2.24. The Balaban J connectivity index is 2.21. The van der Waals surface area contributed by atoms with E-state index < -0.39 is 23.5 Å². The summed E-state index contributed by atoms with van der Waals surface area (Å²) in [5.74, 6) is -3.50. The highest BCUT2D eigenvalue weighted by Gasteiger charge is 2.23. The fourth-order valence-corrected chi connectivity index (χ4v) is 2.53. The molecule has 0 bridgehead atoms. The van der Waals surface area contributed by atoms with Gasteiger partial charge in [0.25, 0.3) is 0 Å². The van der Waals surface area contributed by atoms with E-state index in [-0.39, 0.29) is 5.92 Å². The van der Waals surface area contributed by atoms with Crippen molar-refractivity contribution in [2.75, 3.05) is 0 Å². The second-order valence-electron chi connectivity index (χ2n) is 4.72. The molecular formula is C13H16F3N. The lowest BCUT2D eigenvalue weighted by atomic mass is 9.81. The maximum atomic E-state index is 13.1. The maximum absolute atomic E-state index is 13.1. The average Bonchev–Trinajstić information content (AvgIpc) is 2.35. The van der Waals surface area contributed by atoms with Crippen LogP contribution in [0.25, 0.3) is 0 Å². The predicted octanol–water partition coefficient (Wildman–Crippen LogP) is 3.68. The van der Waals surface area contributed by atoms with E-state index in [9.17, 15) is 13.2 Å². The lowest BCUT2D eigenvalue weighted by molar-refractivity contribution is 0.306. The fraction of sp³-hybridized carbons (Fsp3) is 0.538. The summed E-state index contributed by atoms with van der Waals surface area (Å²) >= 11 is 0. The summed E-state index contributed by atoms with van der Waals surface area (Å²) in [6.45, 7) is 0. The third-order valence-corrected chi connectivity index (χ3v) is 3.55. The largest absolute Gasteiger partial charge is 0.324 e. The number of benzene rings is 1. The summed E-state index contributed by atoms with van der Waals surface area (Å²) in [5, 5.41) is 0. The van der Waals surface area contributed by atoms with Gasteiger partial charge < -0.3 is 5.73 Å². The molecule has 1 aliphatic carbocycles. The molecule has 1 aromatic carbocycles. The Bertz CT molecular complexity index is 377. The van der Waals surface area contributed by atoms with Gasteiger partial charge in [0.2, 0.25) is 0 Å². The minimum atomic E-state index is -1.43. The molecule has 1 nitrogen and oxygen atoms in total. The summed E-state index contributed by atoms with van der Waals surface area (Å²) in [7, 11) is 0. The number of hydrogen-bond donors (Lipinski definition) is 1. The van der Waals surface area contributed by atoms with Gasteiger partial charge >= 0.3 is 0 Å². The molecular weight excluding hydrogens is 227 g/mol. The highest BCUT2D eigenvalue weighted by Crippen LogP contribution is 2.33. The van der Waals surface area contributed by atoms with Crippen LogP contribution in [0, 0.1) is 23.4 Å². The number of nitrogens with two attached hydrogens (primary N) is 1. The molecule has 0 spiro atoms. The van der Waals surface area contributed by atoms with Crippen LogP contribution >= 0.6 is 0 Å². The monoisotopic (exact) mass is 243 g/mol. The van der Waals surface area contributed by atoms with Crippen molar-refractivity contribution < 1.29 is 13.2 Å². The van der Waals surface area contributed by atoms with Crippen molar-refractivity contribution in [3.63, 3.8) is 0 Å². The Morgan fingerprint density at radius 1 is 1.00 bits per heavy atom. The highest BCUT2D eigenvalue weighted by atomic mass is 19.2. The van der Waals surface area contributed by atoms with Crippen LogP contribution in [-0.4, -0.2) is 0 Å². The summed E-state index contributed by atoms with van der Waals surface area (Å²) in [6.07, 6.45) is 5.34. The maximum Gasteiger partial charge on any atom is 0.194 e. The van der Waals surface area contributed by atoms with E-state index in [1.54, 1.807) is 0 Å². The van der Waals surface area contributed by atoms with Gasteiger partial charge in [-0.15, -0.1) is 0 Å². The minimum absolute atomic E-state index is 0.244. The Hall–Kier alpha value is -1.03. The van der Waals surface area contributed by atoms with Crippen molar-refractivity contribution in [3.8, 4) is 0 Å². The zero-order chi connectivity index (χ0) is 12.4. The first-order valence-electron chi connectivity index (χ1n) is 5.99. The van der Waals surface area contributed by atoms with Gasteiger partial charge in [-0.25, -0.2) is 13.2 Å². The van der Waals surface area contributed by atoms with E-state index in [1.165, 1.54) is 6.42 Å². The predicted molar refractivity (Wildman–Crippen MR) is 59.8 cm³/mol. The molecule has 94 valence electrons. The van der Waals surface area contributed by atoms with E-state index in [0.29, 0.717) is 5.56 Å². The molecule has 17 heavy (non-hydrogen) atoms. The summed E-state index contributed by atoms with van der Waals surface area (Å²) in [6, 6.07) is 1.62. The van der Waals surface area contributed by atoms with E-state index in [0.717, 1.165) is 37.8 Å². The van der Waals surface area contributed by atoms with Crippen molar-refractivity contribution in [3.05, 3.63) is 35.1 Å². The normalized spacial score (nSPS) is 19.3. The second kappa shape index (κ2) is 5.08. The van der Waals surface area contributed by atoms with Crippen molar-refractivity contribution >= 4 is 0 Å². The third-order valence-electron chi connectivity index (χ3n) is 3.55. The van der Waals surface area contributed by atoms with Crippen LogP contribution in [0.3, 0.4) is 0 Å². The van der Waals surface area contributed by atoms with E-state index in [2.05, 4.69) is 0 Å². The first-order chi connectivity index (χ1) is 8.09. The van der Waals surface area contributed by atoms with Crippen LogP contribution < -0.4 is 5.73 Å². The van der Waals surface area contributed by atoms with Gasteiger partial charge in [-0.3, -0.25) is 0 Å². The molecule has 2 N–H and O–H groups in total. The lowest BCUT2D eigenvalue weighted by Gasteiger charge is -2.27. The molecule has 0 unspecified atom stereocenters. The molecule has 0 radical (unpaired) electrons. The molecule has 1 saturated carbocycles. The Morgan fingerprint density at radius 3 is 2.06 bits per heavy atom. The summed E-state index contributed by atoms with van der Waals surface area (Å²) in [5.41, 5.74) is 6.36. The van der Waals surface area contributed by atoms with Crippen molar-refractivity contribution in [2.45, 2.75) is 38.1 Å². The summed E-state index contributed by atoms with van der Waals surface area (Å²) < 4.78 is 39.0. The molecule has 1 atom stereocenters. The SMILES string of the molecule is N[C@@H](c1cc(F)c(F)c(F)c1)C1CCCCC1. The van der Waals surface area contributed by atoms with Gasteiger partial charge in [-0.2, -0.15) is 0 Å². The van der Waals surface area contributed by atoms with Crippen LogP contribution in [0.2, 0.25) is 0 Å². The molecule has 0 saturated heterocycles. The number of halogens is 3. The second-order valence-corrected chi connectivity index (χ2v) is 4.72.